The van der Waals surface area contributed by atoms with Crippen molar-refractivity contribution >= 4 is 29.3 Å². The summed E-state index contributed by atoms with van der Waals surface area (Å²) in [7, 11) is 0. The van der Waals surface area contributed by atoms with Crippen LogP contribution in [0.5, 0.6) is 0 Å². The van der Waals surface area contributed by atoms with Crippen molar-refractivity contribution in [2.75, 3.05) is 5.32 Å². The van der Waals surface area contributed by atoms with Crippen LogP contribution in [0, 0.1) is 11.3 Å². The van der Waals surface area contributed by atoms with Gasteiger partial charge in [0, 0.05) is 18.2 Å². The molecule has 2 amide bonds. The number of urea groups is 1. The highest BCUT2D eigenvalue weighted by atomic mass is 35.5. The molecule has 21 heavy (non-hydrogen) atoms. The number of hydrogen-bond acceptors (Lipinski definition) is 3. The van der Waals surface area contributed by atoms with Gasteiger partial charge in [0.25, 0.3) is 0 Å². The van der Waals surface area contributed by atoms with E-state index in [9.17, 15) is 9.59 Å². The molecule has 7 heteroatoms. The number of nitrogens with zero attached hydrogens (tertiary/aromatic N) is 1. The first-order chi connectivity index (χ1) is 9.92. The maximum Gasteiger partial charge on any atom is 0.319 e. The smallest absolute Gasteiger partial charge is 0.319 e. The molecule has 112 valence electrons. The van der Waals surface area contributed by atoms with Gasteiger partial charge < -0.3 is 15.7 Å². The summed E-state index contributed by atoms with van der Waals surface area (Å²) in [6.07, 6.45) is 1.16. The molecule has 0 aliphatic carbocycles. The first kappa shape index (κ1) is 16.8. The molecule has 0 aliphatic rings. The fraction of sp³-hybridized carbons (Fsp3) is 0.357. The van der Waals surface area contributed by atoms with Crippen LogP contribution in [0.25, 0.3) is 0 Å². The monoisotopic (exact) mass is 309 g/mol. The summed E-state index contributed by atoms with van der Waals surface area (Å²) in [6.45, 7) is 1.80. The third-order valence-corrected chi connectivity index (χ3v) is 3.07. The minimum atomic E-state index is -0.848. The summed E-state index contributed by atoms with van der Waals surface area (Å²) < 4.78 is 0. The lowest BCUT2D eigenvalue weighted by Crippen LogP contribution is -2.36. The molecular weight excluding hydrogens is 294 g/mol. The van der Waals surface area contributed by atoms with Crippen LogP contribution in [0.3, 0.4) is 0 Å². The maximum absolute atomic E-state index is 11.7. The van der Waals surface area contributed by atoms with Crippen LogP contribution in [0.4, 0.5) is 10.5 Å². The second-order valence-corrected chi connectivity index (χ2v) is 5.00. The normalized spacial score (nSPS) is 11.3. The van der Waals surface area contributed by atoms with E-state index in [4.69, 9.17) is 22.0 Å². The Hall–Kier alpha value is -2.26. The Kier molecular flexibility index (Phi) is 6.50. The van der Waals surface area contributed by atoms with E-state index < -0.39 is 12.0 Å². The van der Waals surface area contributed by atoms with Gasteiger partial charge in [-0.25, -0.2) is 4.79 Å². The summed E-state index contributed by atoms with van der Waals surface area (Å²) in [4.78, 5) is 22.1. The predicted octanol–water partition coefficient (Wildman–Crippen LogP) is 2.98. The molecule has 3 N–H and O–H groups in total. The molecule has 0 saturated heterocycles. The van der Waals surface area contributed by atoms with Crippen molar-refractivity contribution in [3.05, 3.63) is 28.8 Å². The molecule has 0 bridgehead atoms. The van der Waals surface area contributed by atoms with Crippen molar-refractivity contribution in [1.82, 2.24) is 5.32 Å². The molecule has 1 aromatic carbocycles. The zero-order chi connectivity index (χ0) is 15.8. The highest BCUT2D eigenvalue weighted by Crippen LogP contribution is 2.20. The number of carbonyl (C=O) groups is 2. The number of carboxylic acids is 1. The highest BCUT2D eigenvalue weighted by molar-refractivity contribution is 6.32. The average molecular weight is 310 g/mol. The summed E-state index contributed by atoms with van der Waals surface area (Å²) in [5, 5.41) is 22.9. The number of nitrogens with one attached hydrogen (secondary N) is 2. The van der Waals surface area contributed by atoms with E-state index in [0.717, 1.165) is 0 Å². The van der Waals surface area contributed by atoms with Crippen molar-refractivity contribution in [2.45, 2.75) is 32.2 Å². The van der Waals surface area contributed by atoms with Gasteiger partial charge in [0.2, 0.25) is 0 Å². The molecule has 1 atom stereocenters. The highest BCUT2D eigenvalue weighted by Gasteiger charge is 2.09. The van der Waals surface area contributed by atoms with Gasteiger partial charge in [-0.15, -0.1) is 0 Å². The van der Waals surface area contributed by atoms with Crippen LogP contribution in [-0.4, -0.2) is 23.1 Å². The topological polar surface area (TPSA) is 102 Å². The Morgan fingerprint density at radius 2 is 2.19 bits per heavy atom. The molecule has 0 saturated carbocycles. The van der Waals surface area contributed by atoms with Gasteiger partial charge in [0.1, 0.15) is 6.07 Å². The van der Waals surface area contributed by atoms with Crippen molar-refractivity contribution in [1.29, 1.82) is 5.26 Å². The van der Waals surface area contributed by atoms with Gasteiger partial charge in [-0.1, -0.05) is 11.6 Å². The first-order valence-electron chi connectivity index (χ1n) is 6.41. The quantitative estimate of drug-likeness (QED) is 0.751. The van der Waals surface area contributed by atoms with E-state index >= 15 is 0 Å². The van der Waals surface area contributed by atoms with E-state index in [1.807, 2.05) is 6.07 Å². The van der Waals surface area contributed by atoms with Crippen LogP contribution in [0.15, 0.2) is 18.2 Å². The Labute approximate surface area is 127 Å². The summed E-state index contributed by atoms with van der Waals surface area (Å²) in [5.74, 6) is -0.848. The van der Waals surface area contributed by atoms with Crippen LogP contribution in [-0.2, 0) is 4.79 Å². The molecule has 1 aromatic rings. The van der Waals surface area contributed by atoms with Gasteiger partial charge in [0.15, 0.2) is 0 Å². The zero-order valence-electron chi connectivity index (χ0n) is 11.5. The standard InChI is InChI=1S/C14H16ClN3O3/c1-9(3-2-4-13(19)20)17-14(21)18-11-6-5-10(8-16)12(15)7-11/h5-7,9H,2-4H2,1H3,(H,19,20)(H2,17,18,21). The van der Waals surface area contributed by atoms with Gasteiger partial charge in [-0.3, -0.25) is 4.79 Å². The third-order valence-electron chi connectivity index (χ3n) is 2.75. The summed E-state index contributed by atoms with van der Waals surface area (Å²) in [6, 6.07) is 5.99. The van der Waals surface area contributed by atoms with Crippen LogP contribution in [0.2, 0.25) is 5.02 Å². The molecule has 6 nitrogen and oxygen atoms in total. The SMILES string of the molecule is CC(CCCC(=O)O)NC(=O)Nc1ccc(C#N)c(Cl)c1. The molecule has 0 fully saturated rings. The van der Waals surface area contributed by atoms with E-state index in [1.54, 1.807) is 13.0 Å². The summed E-state index contributed by atoms with van der Waals surface area (Å²) in [5.41, 5.74) is 0.818. The lowest BCUT2D eigenvalue weighted by atomic mass is 10.1. The average Bonchev–Trinajstić information content (AvgIpc) is 2.38. The first-order valence-corrected chi connectivity index (χ1v) is 6.79. The van der Waals surface area contributed by atoms with Crippen molar-refractivity contribution < 1.29 is 14.7 Å². The maximum atomic E-state index is 11.7. The Morgan fingerprint density at radius 1 is 1.48 bits per heavy atom. The minimum Gasteiger partial charge on any atom is -0.481 e. The number of hydrogen-bond donors (Lipinski definition) is 3. The van der Waals surface area contributed by atoms with Gasteiger partial charge in [-0.05, 0) is 38.0 Å². The second kappa shape index (κ2) is 8.12. The Bertz CT molecular complexity index is 569. The van der Waals surface area contributed by atoms with E-state index in [2.05, 4.69) is 10.6 Å². The number of carboxylic acid groups (broad SMARTS) is 1. The van der Waals surface area contributed by atoms with E-state index in [-0.39, 0.29) is 17.5 Å². The number of aliphatic carboxylic acids is 1. The fourth-order valence-electron chi connectivity index (χ4n) is 1.71. The Morgan fingerprint density at radius 3 is 2.76 bits per heavy atom. The zero-order valence-corrected chi connectivity index (χ0v) is 12.3. The fourth-order valence-corrected chi connectivity index (χ4v) is 1.93. The third kappa shape index (κ3) is 6.15. The lowest BCUT2D eigenvalue weighted by molar-refractivity contribution is -0.137. The Balaban J connectivity index is 2.45. The molecule has 1 rings (SSSR count). The largest absolute Gasteiger partial charge is 0.481 e. The predicted molar refractivity (Wildman–Crippen MR) is 79.3 cm³/mol. The number of benzene rings is 1. The molecule has 0 spiro atoms. The van der Waals surface area contributed by atoms with Crippen molar-refractivity contribution in [2.24, 2.45) is 0 Å². The van der Waals surface area contributed by atoms with Crippen LogP contribution < -0.4 is 10.6 Å². The number of nitriles is 1. The van der Waals surface area contributed by atoms with Crippen molar-refractivity contribution in [3.63, 3.8) is 0 Å². The van der Waals surface area contributed by atoms with Crippen LogP contribution >= 0.6 is 11.6 Å². The van der Waals surface area contributed by atoms with Gasteiger partial charge in [0.05, 0.1) is 10.6 Å². The lowest BCUT2D eigenvalue weighted by Gasteiger charge is -2.14. The number of amides is 2. The van der Waals surface area contributed by atoms with Crippen LogP contribution in [0.1, 0.15) is 31.7 Å². The van der Waals surface area contributed by atoms with Gasteiger partial charge >= 0.3 is 12.0 Å². The number of rotatable bonds is 6. The molecule has 0 aromatic heterocycles. The van der Waals surface area contributed by atoms with Gasteiger partial charge in [-0.2, -0.15) is 5.26 Å². The van der Waals surface area contributed by atoms with E-state index in [1.165, 1.54) is 12.1 Å². The minimum absolute atomic E-state index is 0.0822. The number of carbonyl (C=O) groups excluding carboxylic acids is 1. The number of anilines is 1. The molecule has 0 heterocycles. The number of halogens is 1. The summed E-state index contributed by atoms with van der Waals surface area (Å²) >= 11 is 5.87. The van der Waals surface area contributed by atoms with E-state index in [0.29, 0.717) is 24.1 Å². The molecule has 0 radical (unpaired) electrons. The van der Waals surface area contributed by atoms with Crippen molar-refractivity contribution in [3.8, 4) is 6.07 Å². The molecule has 1 unspecified atom stereocenters. The second-order valence-electron chi connectivity index (χ2n) is 4.59. The molecule has 0 aliphatic heterocycles. The molecular formula is C14H16ClN3O3.